The Labute approximate surface area is 143 Å². The van der Waals surface area contributed by atoms with Crippen LogP contribution in [0.2, 0.25) is 5.02 Å². The molecule has 116 valence electrons. The molecule has 23 heavy (non-hydrogen) atoms. The molecule has 1 heterocycles. The molecule has 3 aromatic rings. The van der Waals surface area contributed by atoms with E-state index < -0.39 is 0 Å². The van der Waals surface area contributed by atoms with E-state index >= 15 is 0 Å². The molecule has 0 aliphatic heterocycles. The maximum atomic E-state index is 12.0. The molecule has 0 aliphatic carbocycles. The topological polar surface area (TPSA) is 54.0 Å². The SMILES string of the molecule is Cc1nc(-c2ccc(NC(=O)Nc3ccc(Cl)cc3)cc2)cs1. The number of urea groups is 1. The second-order valence-corrected chi connectivity index (χ2v) is 6.41. The average Bonchev–Trinajstić information content (AvgIpc) is 2.97. The minimum atomic E-state index is -0.301. The van der Waals surface area contributed by atoms with Crippen LogP contribution >= 0.6 is 22.9 Å². The van der Waals surface area contributed by atoms with Crippen LogP contribution < -0.4 is 10.6 Å². The number of thiazole rings is 1. The number of benzene rings is 2. The molecule has 6 heteroatoms. The van der Waals surface area contributed by atoms with E-state index in [0.29, 0.717) is 16.4 Å². The molecule has 0 atom stereocenters. The lowest BCUT2D eigenvalue weighted by molar-refractivity contribution is 0.262. The summed E-state index contributed by atoms with van der Waals surface area (Å²) in [5.41, 5.74) is 3.37. The molecule has 0 radical (unpaired) electrons. The van der Waals surface area contributed by atoms with Crippen LogP contribution in [0.15, 0.2) is 53.9 Å². The Kier molecular flexibility index (Phi) is 4.60. The molecule has 0 aliphatic rings. The average molecular weight is 344 g/mol. The number of carbonyl (C=O) groups is 1. The van der Waals surface area contributed by atoms with Crippen LogP contribution in [0.1, 0.15) is 5.01 Å². The summed E-state index contributed by atoms with van der Waals surface area (Å²) in [7, 11) is 0. The minimum absolute atomic E-state index is 0.301. The van der Waals surface area contributed by atoms with Crippen LogP contribution in [-0.4, -0.2) is 11.0 Å². The van der Waals surface area contributed by atoms with Crippen molar-refractivity contribution in [1.82, 2.24) is 4.98 Å². The third kappa shape index (κ3) is 4.09. The Morgan fingerprint density at radius 3 is 2.09 bits per heavy atom. The van der Waals surface area contributed by atoms with E-state index in [1.165, 1.54) is 0 Å². The van der Waals surface area contributed by atoms with Crippen molar-refractivity contribution >= 4 is 40.3 Å². The highest BCUT2D eigenvalue weighted by atomic mass is 35.5. The van der Waals surface area contributed by atoms with Gasteiger partial charge in [-0.05, 0) is 43.3 Å². The largest absolute Gasteiger partial charge is 0.323 e. The molecule has 0 saturated heterocycles. The Hall–Kier alpha value is -2.37. The fraction of sp³-hybridized carbons (Fsp3) is 0.0588. The van der Waals surface area contributed by atoms with Gasteiger partial charge in [-0.3, -0.25) is 0 Å². The highest BCUT2D eigenvalue weighted by Gasteiger charge is 2.05. The van der Waals surface area contributed by atoms with Crippen molar-refractivity contribution in [2.75, 3.05) is 10.6 Å². The zero-order chi connectivity index (χ0) is 16.2. The summed E-state index contributed by atoms with van der Waals surface area (Å²) in [4.78, 5) is 16.4. The molecule has 0 saturated carbocycles. The molecule has 2 N–H and O–H groups in total. The van der Waals surface area contributed by atoms with E-state index in [1.807, 2.05) is 36.6 Å². The number of aryl methyl sites for hydroxylation is 1. The maximum absolute atomic E-state index is 12.0. The molecule has 1 aromatic heterocycles. The fourth-order valence-electron chi connectivity index (χ4n) is 2.05. The summed E-state index contributed by atoms with van der Waals surface area (Å²) >= 11 is 7.43. The van der Waals surface area contributed by atoms with Crippen LogP contribution in [0, 0.1) is 6.92 Å². The molecule has 2 amide bonds. The van der Waals surface area contributed by atoms with Gasteiger partial charge in [0.2, 0.25) is 0 Å². The summed E-state index contributed by atoms with van der Waals surface area (Å²) in [5.74, 6) is 0. The van der Waals surface area contributed by atoms with Gasteiger partial charge in [0.15, 0.2) is 0 Å². The molecule has 0 fully saturated rings. The summed E-state index contributed by atoms with van der Waals surface area (Å²) in [6.45, 7) is 1.98. The quantitative estimate of drug-likeness (QED) is 0.667. The molecular weight excluding hydrogens is 330 g/mol. The number of halogens is 1. The van der Waals surface area contributed by atoms with Crippen molar-refractivity contribution in [2.24, 2.45) is 0 Å². The smallest absolute Gasteiger partial charge is 0.308 e. The van der Waals surface area contributed by atoms with Gasteiger partial charge in [-0.1, -0.05) is 23.7 Å². The van der Waals surface area contributed by atoms with Gasteiger partial charge >= 0.3 is 6.03 Å². The molecule has 0 bridgehead atoms. The van der Waals surface area contributed by atoms with Gasteiger partial charge in [-0.2, -0.15) is 0 Å². The van der Waals surface area contributed by atoms with Crippen LogP contribution in [0.25, 0.3) is 11.3 Å². The Bertz CT molecular complexity index is 813. The number of amides is 2. The van der Waals surface area contributed by atoms with E-state index in [2.05, 4.69) is 15.6 Å². The zero-order valence-corrected chi connectivity index (χ0v) is 13.9. The standard InChI is InChI=1S/C17H14ClN3OS/c1-11-19-16(10-23-11)12-2-6-14(7-3-12)20-17(22)21-15-8-4-13(18)5-9-15/h2-10H,1H3,(H2,20,21,22). The molecule has 2 aromatic carbocycles. The third-order valence-electron chi connectivity index (χ3n) is 3.16. The number of hydrogen-bond donors (Lipinski definition) is 2. The molecule has 0 unspecified atom stereocenters. The van der Waals surface area contributed by atoms with E-state index in [4.69, 9.17) is 11.6 Å². The van der Waals surface area contributed by atoms with E-state index in [1.54, 1.807) is 35.6 Å². The molecule has 4 nitrogen and oxygen atoms in total. The number of hydrogen-bond acceptors (Lipinski definition) is 3. The monoisotopic (exact) mass is 343 g/mol. The number of anilines is 2. The Morgan fingerprint density at radius 1 is 1.00 bits per heavy atom. The highest BCUT2D eigenvalue weighted by molar-refractivity contribution is 7.09. The van der Waals surface area contributed by atoms with E-state index in [-0.39, 0.29) is 6.03 Å². The van der Waals surface area contributed by atoms with Crippen molar-refractivity contribution in [1.29, 1.82) is 0 Å². The van der Waals surface area contributed by atoms with Gasteiger partial charge in [0.05, 0.1) is 10.7 Å². The maximum Gasteiger partial charge on any atom is 0.323 e. The lowest BCUT2D eigenvalue weighted by Gasteiger charge is -2.08. The predicted molar refractivity (Wildman–Crippen MR) is 96.4 cm³/mol. The molecule has 3 rings (SSSR count). The van der Waals surface area contributed by atoms with Crippen molar-refractivity contribution in [3.63, 3.8) is 0 Å². The number of nitrogens with zero attached hydrogens (tertiary/aromatic N) is 1. The molecular formula is C17H14ClN3OS. The first-order valence-electron chi connectivity index (χ1n) is 6.96. The summed E-state index contributed by atoms with van der Waals surface area (Å²) < 4.78 is 0. The molecule has 0 spiro atoms. The van der Waals surface area contributed by atoms with Crippen molar-refractivity contribution < 1.29 is 4.79 Å². The fourth-order valence-corrected chi connectivity index (χ4v) is 2.80. The van der Waals surface area contributed by atoms with Crippen LogP contribution in [0.3, 0.4) is 0 Å². The summed E-state index contributed by atoms with van der Waals surface area (Å²) in [6, 6.07) is 14.2. The second-order valence-electron chi connectivity index (χ2n) is 4.92. The number of nitrogens with one attached hydrogen (secondary N) is 2. The van der Waals surface area contributed by atoms with E-state index in [0.717, 1.165) is 16.3 Å². The number of aromatic nitrogens is 1. The number of carbonyl (C=O) groups excluding carboxylic acids is 1. The summed E-state index contributed by atoms with van der Waals surface area (Å²) in [6.07, 6.45) is 0. The predicted octanol–water partition coefficient (Wildman–Crippen LogP) is 5.42. The van der Waals surface area contributed by atoms with Crippen LogP contribution in [0.4, 0.5) is 16.2 Å². The first-order chi connectivity index (χ1) is 11.1. The summed E-state index contributed by atoms with van der Waals surface area (Å²) in [5, 5.41) is 9.22. The van der Waals surface area contributed by atoms with Crippen LogP contribution in [-0.2, 0) is 0 Å². The van der Waals surface area contributed by atoms with Crippen molar-refractivity contribution in [3.8, 4) is 11.3 Å². The van der Waals surface area contributed by atoms with Crippen molar-refractivity contribution in [3.05, 3.63) is 63.9 Å². The van der Waals surface area contributed by atoms with E-state index in [9.17, 15) is 4.79 Å². The minimum Gasteiger partial charge on any atom is -0.308 e. The van der Waals surface area contributed by atoms with Gasteiger partial charge in [0.25, 0.3) is 0 Å². The Morgan fingerprint density at radius 2 is 1.57 bits per heavy atom. The van der Waals surface area contributed by atoms with Gasteiger partial charge in [0.1, 0.15) is 0 Å². The lowest BCUT2D eigenvalue weighted by atomic mass is 10.1. The van der Waals surface area contributed by atoms with Gasteiger partial charge in [-0.25, -0.2) is 9.78 Å². The van der Waals surface area contributed by atoms with Gasteiger partial charge in [0, 0.05) is 27.3 Å². The third-order valence-corrected chi connectivity index (χ3v) is 4.19. The first-order valence-corrected chi connectivity index (χ1v) is 8.22. The first kappa shape index (κ1) is 15.5. The van der Waals surface area contributed by atoms with Gasteiger partial charge in [-0.15, -0.1) is 11.3 Å². The normalized spacial score (nSPS) is 10.3. The lowest BCUT2D eigenvalue weighted by Crippen LogP contribution is -2.19. The Balaban J connectivity index is 1.63. The zero-order valence-electron chi connectivity index (χ0n) is 12.3. The highest BCUT2D eigenvalue weighted by Crippen LogP contribution is 2.23. The van der Waals surface area contributed by atoms with Crippen molar-refractivity contribution in [2.45, 2.75) is 6.92 Å². The second kappa shape index (κ2) is 6.81. The van der Waals surface area contributed by atoms with Crippen LogP contribution in [0.5, 0.6) is 0 Å². The van der Waals surface area contributed by atoms with Gasteiger partial charge < -0.3 is 10.6 Å². The number of rotatable bonds is 3.